The van der Waals surface area contributed by atoms with Gasteiger partial charge in [0.2, 0.25) is 0 Å². The Balaban J connectivity index is 2.24. The summed E-state index contributed by atoms with van der Waals surface area (Å²) in [4.78, 5) is 0. The fraction of sp³-hybridized carbons (Fsp3) is 0.500. The van der Waals surface area contributed by atoms with Gasteiger partial charge in [-0.3, -0.25) is 0 Å². The van der Waals surface area contributed by atoms with E-state index in [-0.39, 0.29) is 5.75 Å². The van der Waals surface area contributed by atoms with Gasteiger partial charge in [-0.25, -0.2) is 4.72 Å². The quantitative estimate of drug-likeness (QED) is 0.809. The number of nitrogens with one attached hydrogen (secondary N) is 1. The van der Waals surface area contributed by atoms with Gasteiger partial charge < -0.3 is 9.67 Å². The van der Waals surface area contributed by atoms with E-state index in [9.17, 15) is 13.5 Å². The Morgan fingerprint density at radius 3 is 2.61 bits per heavy atom. The van der Waals surface area contributed by atoms with E-state index in [4.69, 9.17) is 0 Å². The van der Waals surface area contributed by atoms with E-state index in [2.05, 4.69) is 23.1 Å². The van der Waals surface area contributed by atoms with Gasteiger partial charge in [-0.1, -0.05) is 13.8 Å². The maximum atomic E-state index is 11.8. The van der Waals surface area contributed by atoms with Crippen molar-refractivity contribution in [1.29, 1.82) is 0 Å². The van der Waals surface area contributed by atoms with Crippen LogP contribution in [0.3, 0.4) is 0 Å². The highest BCUT2D eigenvalue weighted by molar-refractivity contribution is 7.87. The zero-order valence-electron chi connectivity index (χ0n) is 14.1. The lowest BCUT2D eigenvalue weighted by molar-refractivity contribution is 0.475. The van der Waals surface area contributed by atoms with Crippen molar-refractivity contribution in [2.24, 2.45) is 5.92 Å². The molecular weight excluding hydrogens is 314 g/mol. The minimum absolute atomic E-state index is 0.237. The Morgan fingerprint density at radius 1 is 1.30 bits per heavy atom. The first kappa shape index (κ1) is 17.8. The standard InChI is InChI=1S/C16H25N3O3S/c1-12(2)10-19-11-13(7-8-17-23(21,22)18(3)4)15-6-5-14(20)9-16(15)19/h5-6,9,11-12,17,20H,7-8,10H2,1-4H3. The minimum atomic E-state index is -3.40. The van der Waals surface area contributed by atoms with Crippen molar-refractivity contribution >= 4 is 21.1 Å². The predicted octanol–water partition coefficient (Wildman–Crippen LogP) is 1.94. The van der Waals surface area contributed by atoms with Gasteiger partial charge in [-0.05, 0) is 30.0 Å². The molecule has 0 spiro atoms. The van der Waals surface area contributed by atoms with E-state index in [1.54, 1.807) is 12.1 Å². The van der Waals surface area contributed by atoms with Crippen LogP contribution < -0.4 is 4.72 Å². The summed E-state index contributed by atoms with van der Waals surface area (Å²) in [6, 6.07) is 5.30. The molecule has 0 unspecified atom stereocenters. The smallest absolute Gasteiger partial charge is 0.278 e. The molecule has 0 radical (unpaired) electrons. The van der Waals surface area contributed by atoms with Crippen molar-refractivity contribution < 1.29 is 13.5 Å². The molecule has 0 saturated heterocycles. The maximum Gasteiger partial charge on any atom is 0.278 e. The predicted molar refractivity (Wildman–Crippen MR) is 92.8 cm³/mol. The molecule has 1 heterocycles. The number of aromatic hydroxyl groups is 1. The van der Waals surface area contributed by atoms with Gasteiger partial charge in [-0.15, -0.1) is 0 Å². The third kappa shape index (κ3) is 4.25. The number of nitrogens with zero attached hydrogens (tertiary/aromatic N) is 2. The summed E-state index contributed by atoms with van der Waals surface area (Å²) in [6.45, 7) is 5.46. The van der Waals surface area contributed by atoms with Crippen molar-refractivity contribution in [3.05, 3.63) is 30.0 Å². The third-order valence-electron chi connectivity index (χ3n) is 3.67. The van der Waals surface area contributed by atoms with Crippen LogP contribution in [0.25, 0.3) is 10.9 Å². The molecule has 0 bridgehead atoms. The highest BCUT2D eigenvalue weighted by Gasteiger charge is 2.14. The average molecular weight is 339 g/mol. The number of phenols is 1. The molecule has 2 N–H and O–H groups in total. The summed E-state index contributed by atoms with van der Waals surface area (Å²) in [5, 5.41) is 10.8. The number of rotatable bonds is 7. The van der Waals surface area contributed by atoms with Gasteiger partial charge in [0.15, 0.2) is 0 Å². The number of hydrogen-bond acceptors (Lipinski definition) is 3. The summed E-state index contributed by atoms with van der Waals surface area (Å²) in [7, 11) is -0.405. The fourth-order valence-corrected chi connectivity index (χ4v) is 3.16. The van der Waals surface area contributed by atoms with E-state index < -0.39 is 10.2 Å². The SMILES string of the molecule is CC(C)Cn1cc(CCNS(=O)(=O)N(C)C)c2ccc(O)cc21. The van der Waals surface area contributed by atoms with Crippen LogP contribution in [-0.2, 0) is 23.2 Å². The molecule has 2 aromatic rings. The summed E-state index contributed by atoms with van der Waals surface area (Å²) < 4.78 is 29.4. The molecule has 23 heavy (non-hydrogen) atoms. The second-order valence-corrected chi connectivity index (χ2v) is 8.30. The number of phenolic OH excluding ortho intramolecular Hbond substituents is 1. The Morgan fingerprint density at radius 2 is 2.00 bits per heavy atom. The lowest BCUT2D eigenvalue weighted by Crippen LogP contribution is -2.36. The van der Waals surface area contributed by atoms with Crippen LogP contribution in [0, 0.1) is 5.92 Å². The van der Waals surface area contributed by atoms with Gasteiger partial charge in [0.1, 0.15) is 5.75 Å². The van der Waals surface area contributed by atoms with Crippen molar-refractivity contribution in [1.82, 2.24) is 13.6 Å². The molecule has 0 aliphatic rings. The molecule has 1 aromatic heterocycles. The summed E-state index contributed by atoms with van der Waals surface area (Å²) in [5.74, 6) is 0.716. The van der Waals surface area contributed by atoms with Crippen LogP contribution in [0.1, 0.15) is 19.4 Å². The molecule has 0 atom stereocenters. The first-order chi connectivity index (χ1) is 10.7. The summed E-state index contributed by atoms with van der Waals surface area (Å²) in [6.07, 6.45) is 2.65. The average Bonchev–Trinajstić information content (AvgIpc) is 2.75. The van der Waals surface area contributed by atoms with Gasteiger partial charge in [0.05, 0.1) is 5.52 Å². The fourth-order valence-electron chi connectivity index (χ4n) is 2.54. The van der Waals surface area contributed by atoms with Gasteiger partial charge >= 0.3 is 0 Å². The van der Waals surface area contributed by atoms with Crippen LogP contribution in [0.2, 0.25) is 0 Å². The van der Waals surface area contributed by atoms with E-state index >= 15 is 0 Å². The zero-order chi connectivity index (χ0) is 17.2. The van der Waals surface area contributed by atoms with Crippen molar-refractivity contribution in [2.45, 2.75) is 26.8 Å². The molecule has 0 aliphatic carbocycles. The van der Waals surface area contributed by atoms with Crippen LogP contribution >= 0.6 is 0 Å². The number of benzene rings is 1. The highest BCUT2D eigenvalue weighted by atomic mass is 32.2. The molecule has 0 fully saturated rings. The van der Waals surface area contributed by atoms with Gasteiger partial charge in [-0.2, -0.15) is 12.7 Å². The van der Waals surface area contributed by atoms with Gasteiger partial charge in [0.25, 0.3) is 10.2 Å². The zero-order valence-corrected chi connectivity index (χ0v) is 14.9. The molecule has 6 nitrogen and oxygen atoms in total. The molecule has 1 aromatic carbocycles. The lowest BCUT2D eigenvalue weighted by atomic mass is 10.1. The van der Waals surface area contributed by atoms with Crippen molar-refractivity contribution in [3.63, 3.8) is 0 Å². The molecule has 7 heteroatoms. The van der Waals surface area contributed by atoms with E-state index in [1.165, 1.54) is 14.1 Å². The number of fused-ring (bicyclic) bond motifs is 1. The lowest BCUT2D eigenvalue weighted by Gasteiger charge is -2.11. The van der Waals surface area contributed by atoms with Crippen molar-refractivity contribution in [2.75, 3.05) is 20.6 Å². The summed E-state index contributed by atoms with van der Waals surface area (Å²) >= 11 is 0. The van der Waals surface area contributed by atoms with E-state index in [0.29, 0.717) is 18.9 Å². The monoisotopic (exact) mass is 339 g/mol. The molecule has 128 valence electrons. The molecular formula is C16H25N3O3S. The Kier molecular flexibility index (Phi) is 5.33. The number of hydrogen-bond donors (Lipinski definition) is 2. The van der Waals surface area contributed by atoms with Crippen molar-refractivity contribution in [3.8, 4) is 5.75 Å². The van der Waals surface area contributed by atoms with E-state index in [0.717, 1.165) is 27.3 Å². The normalized spacial score (nSPS) is 12.6. The summed E-state index contributed by atoms with van der Waals surface area (Å²) in [5.41, 5.74) is 2.05. The Hall–Kier alpha value is -1.57. The third-order valence-corrected chi connectivity index (χ3v) is 5.20. The second kappa shape index (κ2) is 6.90. The van der Waals surface area contributed by atoms with E-state index in [1.807, 2.05) is 12.3 Å². The second-order valence-electron chi connectivity index (χ2n) is 6.33. The van der Waals surface area contributed by atoms with Crippen LogP contribution in [-0.4, -0.2) is 43.0 Å². The van der Waals surface area contributed by atoms with Crippen LogP contribution in [0.5, 0.6) is 5.75 Å². The number of aromatic nitrogens is 1. The highest BCUT2D eigenvalue weighted by Crippen LogP contribution is 2.26. The van der Waals surface area contributed by atoms with Crippen LogP contribution in [0.15, 0.2) is 24.4 Å². The molecule has 0 amide bonds. The minimum Gasteiger partial charge on any atom is -0.508 e. The topological polar surface area (TPSA) is 74.6 Å². The molecule has 0 aliphatic heterocycles. The largest absolute Gasteiger partial charge is 0.508 e. The van der Waals surface area contributed by atoms with Gasteiger partial charge in [0, 0.05) is 44.8 Å². The first-order valence-corrected chi connectivity index (χ1v) is 9.12. The molecule has 0 saturated carbocycles. The molecule has 2 rings (SSSR count). The Labute approximate surface area is 137 Å². The van der Waals surface area contributed by atoms with Crippen LogP contribution in [0.4, 0.5) is 0 Å². The first-order valence-electron chi connectivity index (χ1n) is 7.68. The Bertz CT molecular complexity index is 779. The maximum absolute atomic E-state index is 11.8.